The summed E-state index contributed by atoms with van der Waals surface area (Å²) < 4.78 is 73.2. The molecule has 1 amide bonds. The predicted octanol–water partition coefficient (Wildman–Crippen LogP) is 7.61. The summed E-state index contributed by atoms with van der Waals surface area (Å²) in [6, 6.07) is 15.8. The maximum absolute atomic E-state index is 14.5. The van der Waals surface area contributed by atoms with Crippen LogP contribution in [0.4, 0.5) is 19.0 Å². The van der Waals surface area contributed by atoms with Crippen molar-refractivity contribution < 1.29 is 41.7 Å². The number of anilines is 1. The lowest BCUT2D eigenvalue weighted by Crippen LogP contribution is -2.22. The van der Waals surface area contributed by atoms with E-state index >= 15 is 0 Å². The van der Waals surface area contributed by atoms with Gasteiger partial charge in [0.05, 0.1) is 26.0 Å². The van der Waals surface area contributed by atoms with E-state index in [2.05, 4.69) is 50.2 Å². The molecule has 0 aliphatic rings. The third-order valence-electron chi connectivity index (χ3n) is 7.78. The smallest absolute Gasteiger partial charge is 0.419 e. The summed E-state index contributed by atoms with van der Waals surface area (Å²) in [6.07, 6.45) is -0.562. The zero-order valence-electron chi connectivity index (χ0n) is 30.6. The lowest BCUT2D eigenvalue weighted by molar-refractivity contribution is -0.137. The van der Waals surface area contributed by atoms with E-state index in [-0.39, 0.29) is 53.7 Å². The van der Waals surface area contributed by atoms with E-state index in [1.165, 1.54) is 17.1 Å². The first kappa shape index (κ1) is 40.0. The molecule has 5 aromatic rings. The quantitative estimate of drug-likeness (QED) is 0.0429. The molecular formula is C36H40F3N7O6SSi. The van der Waals surface area contributed by atoms with E-state index < -0.39 is 31.5 Å². The fourth-order valence-electron chi connectivity index (χ4n) is 4.76. The Morgan fingerprint density at radius 3 is 1.98 bits per heavy atom. The average molecular weight is 784 g/mol. The fourth-order valence-corrected chi connectivity index (χ4v) is 5.87. The van der Waals surface area contributed by atoms with Crippen LogP contribution in [0.1, 0.15) is 27.0 Å². The lowest BCUT2D eigenvalue weighted by Gasteiger charge is -2.17. The van der Waals surface area contributed by atoms with Gasteiger partial charge < -0.3 is 29.0 Å². The number of thioether (sulfide) groups is 1. The molecule has 1 N–H and O–H groups in total. The number of amides is 1. The van der Waals surface area contributed by atoms with E-state index in [4.69, 9.17) is 23.7 Å². The molecule has 0 saturated carbocycles. The van der Waals surface area contributed by atoms with Crippen LogP contribution in [0.2, 0.25) is 25.7 Å². The molecule has 5 rings (SSSR count). The molecule has 2 aromatic carbocycles. The Morgan fingerprint density at radius 2 is 1.48 bits per heavy atom. The number of hydrogen-bond acceptors (Lipinski definition) is 12. The Hall–Kier alpha value is -5.20. The molecule has 18 heteroatoms. The van der Waals surface area contributed by atoms with Crippen LogP contribution in [0.25, 0.3) is 11.3 Å². The number of rotatable bonds is 17. The molecule has 3 aromatic heterocycles. The molecule has 0 aliphatic heterocycles. The summed E-state index contributed by atoms with van der Waals surface area (Å²) >= 11 is 1.16. The van der Waals surface area contributed by atoms with Gasteiger partial charge in [0.1, 0.15) is 43.0 Å². The van der Waals surface area contributed by atoms with Crippen LogP contribution in [0.3, 0.4) is 0 Å². The Kier molecular flexibility index (Phi) is 13.1. The molecule has 13 nitrogen and oxygen atoms in total. The topological polar surface area (TPSA) is 145 Å². The van der Waals surface area contributed by atoms with Gasteiger partial charge in [0.15, 0.2) is 10.7 Å². The van der Waals surface area contributed by atoms with Gasteiger partial charge in [0.25, 0.3) is 5.91 Å². The van der Waals surface area contributed by atoms with E-state index in [1.54, 1.807) is 69.0 Å². The van der Waals surface area contributed by atoms with Crippen LogP contribution in [-0.2, 0) is 30.9 Å². The zero-order valence-corrected chi connectivity index (χ0v) is 32.4. The van der Waals surface area contributed by atoms with Crippen molar-refractivity contribution in [3.63, 3.8) is 0 Å². The van der Waals surface area contributed by atoms with Crippen molar-refractivity contribution in [1.29, 1.82) is 0 Å². The Morgan fingerprint density at radius 1 is 0.907 bits per heavy atom. The van der Waals surface area contributed by atoms with Gasteiger partial charge in [-0.05, 0) is 53.8 Å². The number of carbonyl (C=O) groups excluding carboxylic acids is 1. The second kappa shape index (κ2) is 17.7. The first-order valence-electron chi connectivity index (χ1n) is 16.6. The molecule has 0 bridgehead atoms. The monoisotopic (exact) mass is 783 g/mol. The van der Waals surface area contributed by atoms with Crippen molar-refractivity contribution in [1.82, 2.24) is 29.9 Å². The van der Waals surface area contributed by atoms with E-state index in [0.717, 1.165) is 23.9 Å². The number of hydrogen-bond donors (Lipinski definition) is 1. The average Bonchev–Trinajstić information content (AvgIpc) is 3.63. The number of carbonyl (C=O) groups is 1. The number of nitrogens with zero attached hydrogens (tertiary/aromatic N) is 6. The van der Waals surface area contributed by atoms with Crippen molar-refractivity contribution in [3.8, 4) is 34.5 Å². The molecular weight excluding hydrogens is 744 g/mol. The van der Waals surface area contributed by atoms with Gasteiger partial charge in [-0.1, -0.05) is 60.9 Å². The normalized spacial score (nSPS) is 11.6. The highest BCUT2D eigenvalue weighted by atomic mass is 32.2. The van der Waals surface area contributed by atoms with Crippen LogP contribution in [0.15, 0.2) is 72.1 Å². The molecule has 3 heterocycles. The first-order valence-corrected chi connectivity index (χ1v) is 21.5. The number of nitrogens with one attached hydrogen (secondary N) is 1. The third kappa shape index (κ3) is 10.9. The number of pyridine rings is 1. The summed E-state index contributed by atoms with van der Waals surface area (Å²) in [5.41, 5.74) is 0.0541. The SMILES string of the molecule is COc1ccc(COc2nc(SC)nc(OCc3ccc(OC)cc3)c2C(=O)Nc2ncc(-c3cn(COCC[Si](C)(C)C)nn3)cc2C(F)(F)F)cc1. The second-order valence-electron chi connectivity index (χ2n) is 13.0. The summed E-state index contributed by atoms with van der Waals surface area (Å²) in [6.45, 7) is 7.22. The third-order valence-corrected chi connectivity index (χ3v) is 10.0. The molecule has 54 heavy (non-hydrogen) atoms. The summed E-state index contributed by atoms with van der Waals surface area (Å²) in [5, 5.41) is 10.5. The van der Waals surface area contributed by atoms with Crippen LogP contribution >= 0.6 is 11.8 Å². The second-order valence-corrected chi connectivity index (χ2v) is 19.4. The Balaban J connectivity index is 1.45. The molecule has 0 fully saturated rings. The fraction of sp³-hybridized carbons (Fsp3) is 0.333. The summed E-state index contributed by atoms with van der Waals surface area (Å²) in [4.78, 5) is 26.8. The van der Waals surface area contributed by atoms with E-state index in [0.29, 0.717) is 29.2 Å². The largest absolute Gasteiger partial charge is 0.497 e. The number of aromatic nitrogens is 6. The van der Waals surface area contributed by atoms with Crippen molar-refractivity contribution in [2.24, 2.45) is 0 Å². The summed E-state index contributed by atoms with van der Waals surface area (Å²) in [7, 11) is 1.78. The van der Waals surface area contributed by atoms with Crippen LogP contribution in [0, 0.1) is 0 Å². The minimum absolute atomic E-state index is 0.0355. The first-order chi connectivity index (χ1) is 25.8. The van der Waals surface area contributed by atoms with Gasteiger partial charge in [-0.15, -0.1) is 5.10 Å². The van der Waals surface area contributed by atoms with Crippen molar-refractivity contribution in [3.05, 3.63) is 89.2 Å². The van der Waals surface area contributed by atoms with E-state index in [1.807, 2.05) is 0 Å². The molecule has 286 valence electrons. The number of benzene rings is 2. The molecule has 0 aliphatic carbocycles. The number of ether oxygens (including phenoxy) is 5. The minimum Gasteiger partial charge on any atom is -0.497 e. The van der Waals surface area contributed by atoms with Crippen LogP contribution in [0.5, 0.6) is 23.3 Å². The zero-order chi connectivity index (χ0) is 38.9. The van der Waals surface area contributed by atoms with Gasteiger partial charge in [0.2, 0.25) is 11.8 Å². The molecule has 0 saturated heterocycles. The maximum atomic E-state index is 14.5. The van der Waals surface area contributed by atoms with Crippen molar-refractivity contribution in [2.75, 3.05) is 32.4 Å². The molecule has 0 unspecified atom stereocenters. The van der Waals surface area contributed by atoms with Crippen LogP contribution < -0.4 is 24.3 Å². The van der Waals surface area contributed by atoms with Crippen molar-refractivity contribution >= 4 is 31.6 Å². The molecule has 0 spiro atoms. The summed E-state index contributed by atoms with van der Waals surface area (Å²) in [5.74, 6) is -0.948. The van der Waals surface area contributed by atoms with Gasteiger partial charge in [-0.25, -0.2) is 9.67 Å². The van der Waals surface area contributed by atoms with E-state index in [9.17, 15) is 18.0 Å². The number of halogens is 3. The highest BCUT2D eigenvalue weighted by Gasteiger charge is 2.36. The number of alkyl halides is 3. The van der Waals surface area contributed by atoms with Gasteiger partial charge >= 0.3 is 6.18 Å². The lowest BCUT2D eigenvalue weighted by atomic mass is 10.1. The van der Waals surface area contributed by atoms with Gasteiger partial charge in [-0.3, -0.25) is 4.79 Å². The standard InChI is InChI=1S/C36H40F3N7O6SSi/c1-48-26-11-7-23(8-12-26)20-51-33-30(34(43-35(42-33)53-3)52-21-24-9-13-27(49-2)14-10-24)32(47)41-31-28(36(37,38)39)17-25(18-40-31)29-19-46(45-44-29)22-50-15-16-54(4,5)6/h7-14,17-19H,15-16,20-22H2,1-6H3,(H,40,41,47). The van der Waals surface area contributed by atoms with Crippen molar-refractivity contribution in [2.45, 2.75) is 57.0 Å². The predicted molar refractivity (Wildman–Crippen MR) is 199 cm³/mol. The molecule has 0 radical (unpaired) electrons. The Labute approximate surface area is 315 Å². The highest BCUT2D eigenvalue weighted by molar-refractivity contribution is 7.98. The Bertz CT molecular complexity index is 1960. The molecule has 0 atom stereocenters. The maximum Gasteiger partial charge on any atom is 0.419 e. The van der Waals surface area contributed by atoms with Gasteiger partial charge in [0, 0.05) is 26.4 Å². The number of methoxy groups -OCH3 is 2. The van der Waals surface area contributed by atoms with Crippen LogP contribution in [-0.4, -0.2) is 71.0 Å². The minimum atomic E-state index is -4.91. The highest BCUT2D eigenvalue weighted by Crippen LogP contribution is 2.37. The van der Waals surface area contributed by atoms with Gasteiger partial charge in [-0.2, -0.15) is 23.1 Å².